The maximum Gasteiger partial charge on any atom is 0.254 e. The third-order valence-electron chi connectivity index (χ3n) is 6.60. The second kappa shape index (κ2) is 10.6. The Kier molecular flexibility index (Phi) is 7.32. The number of rotatable bonds is 6. The molecule has 0 fully saturated rings. The number of hydrogen-bond donors (Lipinski definition) is 0. The molecule has 1 aromatic heterocycles. The molecule has 0 aliphatic rings. The zero-order chi connectivity index (χ0) is 26.1. The summed E-state index contributed by atoms with van der Waals surface area (Å²) in [5.41, 5.74) is 10.2. The van der Waals surface area contributed by atoms with Crippen LogP contribution in [0.4, 0.5) is 0 Å². The first-order valence-corrected chi connectivity index (χ1v) is 14.2. The summed E-state index contributed by atoms with van der Waals surface area (Å²) in [5, 5.41) is 0. The van der Waals surface area contributed by atoms with Crippen molar-refractivity contribution in [1.82, 2.24) is 4.57 Å². The molecule has 0 saturated heterocycles. The third-order valence-corrected chi connectivity index (χ3v) is 8.55. The van der Waals surface area contributed by atoms with E-state index in [1.165, 1.54) is 64.3 Å². The molecule has 0 atom stereocenters. The zero-order valence-corrected chi connectivity index (χ0v) is 24.0. The monoisotopic (exact) mass is 521 g/mol. The average molecular weight is 522 g/mol. The molecule has 0 unspecified atom stereocenters. The van der Waals surface area contributed by atoms with Gasteiger partial charge in [-0.3, -0.25) is 0 Å². The van der Waals surface area contributed by atoms with Crippen LogP contribution in [0.3, 0.4) is 0 Å². The van der Waals surface area contributed by atoms with Gasteiger partial charge in [0.2, 0.25) is 0 Å². The van der Waals surface area contributed by atoms with Gasteiger partial charge in [-0.25, -0.2) is 9.13 Å². The lowest BCUT2D eigenvalue weighted by atomic mass is 10.1. The quantitative estimate of drug-likeness (QED) is 0.206. The molecule has 4 aromatic carbocycles. The van der Waals surface area contributed by atoms with Gasteiger partial charge in [-0.1, -0.05) is 58.9 Å². The molecule has 4 heteroatoms. The second-order valence-corrected chi connectivity index (χ2v) is 12.2. The smallest absolute Gasteiger partial charge is 0.202 e. The van der Waals surface area contributed by atoms with E-state index < -0.39 is 0 Å². The molecule has 5 aromatic rings. The SMILES string of the molecule is Cc1ccc(Sc2cc(C)c(-n3cc[n+](-c4c(C)cc(Sc5ccc(C)cc5)cc4C)c3)c(C)c2)cc1. The lowest BCUT2D eigenvalue weighted by molar-refractivity contribution is -0.595. The van der Waals surface area contributed by atoms with Crippen LogP contribution in [0.1, 0.15) is 33.4 Å². The molecule has 37 heavy (non-hydrogen) atoms. The van der Waals surface area contributed by atoms with Crippen LogP contribution in [-0.4, -0.2) is 4.57 Å². The van der Waals surface area contributed by atoms with E-state index >= 15 is 0 Å². The van der Waals surface area contributed by atoms with Gasteiger partial charge in [-0.05, 0) is 112 Å². The molecular formula is C33H33N2S2+. The standard InChI is InChI=1S/C33H33N2S2/c1-22-7-11-28(12-8-22)36-30-17-24(3)32(25(4)18-30)34-15-16-35(21-34)33-26(5)19-31(20-27(33)6)37-29-13-9-23(2)10-14-29/h7-21H,1-6H3/q+1. The van der Waals surface area contributed by atoms with Crippen LogP contribution < -0.4 is 4.57 Å². The summed E-state index contributed by atoms with van der Waals surface area (Å²) in [5.74, 6) is 0. The van der Waals surface area contributed by atoms with Gasteiger partial charge >= 0.3 is 0 Å². The fourth-order valence-electron chi connectivity index (χ4n) is 4.87. The van der Waals surface area contributed by atoms with E-state index in [1.54, 1.807) is 0 Å². The van der Waals surface area contributed by atoms with Crippen molar-refractivity contribution in [3.63, 3.8) is 0 Å². The van der Waals surface area contributed by atoms with Crippen molar-refractivity contribution in [2.45, 2.75) is 61.1 Å². The number of imidazole rings is 1. The van der Waals surface area contributed by atoms with Gasteiger partial charge in [0, 0.05) is 19.6 Å². The van der Waals surface area contributed by atoms with Crippen molar-refractivity contribution in [3.05, 3.63) is 125 Å². The highest BCUT2D eigenvalue weighted by atomic mass is 32.2. The molecule has 0 saturated carbocycles. The Labute approximate surface area is 229 Å². The van der Waals surface area contributed by atoms with Crippen LogP contribution in [0.2, 0.25) is 0 Å². The summed E-state index contributed by atoms with van der Waals surface area (Å²) in [4.78, 5) is 5.09. The molecule has 0 aliphatic heterocycles. The Bertz CT molecular complexity index is 1400. The highest BCUT2D eigenvalue weighted by Crippen LogP contribution is 2.33. The van der Waals surface area contributed by atoms with E-state index in [-0.39, 0.29) is 0 Å². The molecule has 2 nitrogen and oxygen atoms in total. The molecule has 0 bridgehead atoms. The average Bonchev–Trinajstić information content (AvgIpc) is 3.30. The number of nitrogens with zero attached hydrogens (tertiary/aromatic N) is 2. The van der Waals surface area contributed by atoms with Crippen LogP contribution in [-0.2, 0) is 0 Å². The Hall–Kier alpha value is -3.21. The minimum atomic E-state index is 1.24. The largest absolute Gasteiger partial charge is 0.254 e. The molecule has 186 valence electrons. The molecule has 5 rings (SSSR count). The Balaban J connectivity index is 1.41. The van der Waals surface area contributed by atoms with E-state index in [4.69, 9.17) is 0 Å². The van der Waals surface area contributed by atoms with Crippen molar-refractivity contribution >= 4 is 23.5 Å². The first kappa shape index (κ1) is 25.4. The van der Waals surface area contributed by atoms with Crippen molar-refractivity contribution < 1.29 is 4.57 Å². The van der Waals surface area contributed by atoms with Crippen LogP contribution in [0.5, 0.6) is 0 Å². The van der Waals surface area contributed by atoms with Crippen LogP contribution in [0.15, 0.2) is 111 Å². The molecular weight excluding hydrogens is 489 g/mol. The minimum Gasteiger partial charge on any atom is -0.202 e. The molecule has 0 radical (unpaired) electrons. The van der Waals surface area contributed by atoms with Gasteiger partial charge in [0.1, 0.15) is 23.8 Å². The second-order valence-electron chi connectivity index (χ2n) is 9.87. The summed E-state index contributed by atoms with van der Waals surface area (Å²) in [6.07, 6.45) is 6.52. The van der Waals surface area contributed by atoms with E-state index in [0.717, 1.165) is 0 Å². The number of benzene rings is 4. The van der Waals surface area contributed by atoms with Gasteiger partial charge in [-0.15, -0.1) is 0 Å². The highest BCUT2D eigenvalue weighted by Gasteiger charge is 2.18. The normalized spacial score (nSPS) is 11.2. The first-order valence-electron chi connectivity index (χ1n) is 12.6. The van der Waals surface area contributed by atoms with E-state index in [2.05, 4.69) is 142 Å². The number of aromatic nitrogens is 2. The number of aryl methyl sites for hydroxylation is 6. The Morgan fingerprint density at radius 3 is 1.43 bits per heavy atom. The van der Waals surface area contributed by atoms with Crippen molar-refractivity contribution in [3.8, 4) is 11.4 Å². The lowest BCUT2D eigenvalue weighted by Crippen LogP contribution is -2.30. The van der Waals surface area contributed by atoms with Crippen LogP contribution >= 0.6 is 23.5 Å². The summed E-state index contributed by atoms with van der Waals surface area (Å²) < 4.78 is 4.50. The van der Waals surface area contributed by atoms with Crippen LogP contribution in [0.25, 0.3) is 11.4 Å². The summed E-state index contributed by atoms with van der Waals surface area (Å²) in [6.45, 7) is 13.1. The summed E-state index contributed by atoms with van der Waals surface area (Å²) in [6, 6.07) is 26.7. The van der Waals surface area contributed by atoms with E-state index in [9.17, 15) is 0 Å². The summed E-state index contributed by atoms with van der Waals surface area (Å²) >= 11 is 3.64. The van der Waals surface area contributed by atoms with E-state index in [0.29, 0.717) is 0 Å². The maximum atomic E-state index is 2.30. The highest BCUT2D eigenvalue weighted by molar-refractivity contribution is 7.99. The lowest BCUT2D eigenvalue weighted by Gasteiger charge is -2.11. The van der Waals surface area contributed by atoms with Gasteiger partial charge < -0.3 is 0 Å². The van der Waals surface area contributed by atoms with Crippen molar-refractivity contribution in [2.75, 3.05) is 0 Å². The maximum absolute atomic E-state index is 2.30. The van der Waals surface area contributed by atoms with Gasteiger partial charge in [-0.2, -0.15) is 0 Å². The third kappa shape index (κ3) is 5.71. The van der Waals surface area contributed by atoms with Gasteiger partial charge in [0.05, 0.1) is 0 Å². The molecule has 0 amide bonds. The Morgan fingerprint density at radius 2 is 0.973 bits per heavy atom. The predicted molar refractivity (Wildman–Crippen MR) is 157 cm³/mol. The minimum absolute atomic E-state index is 1.24. The van der Waals surface area contributed by atoms with Crippen molar-refractivity contribution in [1.29, 1.82) is 0 Å². The van der Waals surface area contributed by atoms with Gasteiger partial charge in [0.25, 0.3) is 6.33 Å². The van der Waals surface area contributed by atoms with Gasteiger partial charge in [0.15, 0.2) is 0 Å². The van der Waals surface area contributed by atoms with E-state index in [1.807, 2.05) is 23.5 Å². The predicted octanol–water partition coefficient (Wildman–Crippen LogP) is 8.91. The molecule has 0 aliphatic carbocycles. The van der Waals surface area contributed by atoms with Crippen molar-refractivity contribution in [2.24, 2.45) is 0 Å². The van der Waals surface area contributed by atoms with Crippen LogP contribution in [0, 0.1) is 41.5 Å². The summed E-state index contributed by atoms with van der Waals surface area (Å²) in [7, 11) is 0. The Morgan fingerprint density at radius 1 is 0.541 bits per heavy atom. The molecule has 0 N–H and O–H groups in total. The fraction of sp³-hybridized carbons (Fsp3) is 0.182. The topological polar surface area (TPSA) is 8.81 Å². The zero-order valence-electron chi connectivity index (χ0n) is 22.4. The number of hydrogen-bond acceptors (Lipinski definition) is 2. The molecule has 0 spiro atoms. The molecule has 1 heterocycles. The first-order chi connectivity index (χ1) is 17.8. The fourth-order valence-corrected chi connectivity index (χ4v) is 6.90.